The largest absolute Gasteiger partial charge is 0.484 e. The number of hydrogen-bond acceptors (Lipinski definition) is 2. The van der Waals surface area contributed by atoms with Crippen LogP contribution < -0.4 is 9.64 Å². The predicted molar refractivity (Wildman–Crippen MR) is 85.7 cm³/mol. The third kappa shape index (κ3) is 4.09. The van der Waals surface area contributed by atoms with E-state index in [0.29, 0.717) is 0 Å². The monoisotopic (exact) mass is 283 g/mol. The number of ether oxygens (including phenoxy) is 1. The Balaban J connectivity index is 2.06. The highest BCUT2D eigenvalue weighted by Crippen LogP contribution is 2.18. The number of nitrogens with zero attached hydrogens (tertiary/aromatic N) is 1. The van der Waals surface area contributed by atoms with E-state index in [-0.39, 0.29) is 18.6 Å². The molecular formula is C18H21NO2. The first-order valence-corrected chi connectivity index (χ1v) is 7.14. The van der Waals surface area contributed by atoms with E-state index >= 15 is 0 Å². The summed E-state index contributed by atoms with van der Waals surface area (Å²) in [5.74, 6) is 0.679. The van der Waals surface area contributed by atoms with Crippen LogP contribution in [-0.2, 0) is 4.79 Å². The van der Waals surface area contributed by atoms with Gasteiger partial charge in [-0.3, -0.25) is 4.79 Å². The first-order valence-electron chi connectivity index (χ1n) is 7.14. The second-order valence-corrected chi connectivity index (χ2v) is 5.30. The van der Waals surface area contributed by atoms with Gasteiger partial charge in [-0.1, -0.05) is 30.3 Å². The standard InChI is InChI=1S/C18H21NO2/c1-14(2)19(16-9-5-4-6-10-16)18(20)13-21-17-11-7-8-15(3)12-17/h4-12,14H,13H2,1-3H3. The van der Waals surface area contributed by atoms with Gasteiger partial charge in [0.15, 0.2) is 6.61 Å². The Hall–Kier alpha value is -2.29. The summed E-state index contributed by atoms with van der Waals surface area (Å²) in [6.45, 7) is 6.03. The van der Waals surface area contributed by atoms with Crippen molar-refractivity contribution < 1.29 is 9.53 Å². The van der Waals surface area contributed by atoms with Crippen LogP contribution in [0.3, 0.4) is 0 Å². The van der Waals surface area contributed by atoms with Crippen LogP contribution in [0.15, 0.2) is 54.6 Å². The molecule has 0 aliphatic heterocycles. The fourth-order valence-corrected chi connectivity index (χ4v) is 2.24. The highest BCUT2D eigenvalue weighted by atomic mass is 16.5. The average Bonchev–Trinajstić information content (AvgIpc) is 2.46. The molecule has 2 aromatic carbocycles. The third-order valence-electron chi connectivity index (χ3n) is 3.17. The summed E-state index contributed by atoms with van der Waals surface area (Å²) < 4.78 is 5.61. The van der Waals surface area contributed by atoms with Crippen LogP contribution in [0.1, 0.15) is 19.4 Å². The quantitative estimate of drug-likeness (QED) is 0.835. The molecule has 0 atom stereocenters. The van der Waals surface area contributed by atoms with Gasteiger partial charge in [0.2, 0.25) is 0 Å². The Morgan fingerprint density at radius 2 is 1.81 bits per heavy atom. The van der Waals surface area contributed by atoms with E-state index in [4.69, 9.17) is 4.74 Å². The van der Waals surface area contributed by atoms with Crippen molar-refractivity contribution in [2.24, 2.45) is 0 Å². The molecule has 0 aliphatic carbocycles. The number of rotatable bonds is 5. The summed E-state index contributed by atoms with van der Waals surface area (Å²) in [5.41, 5.74) is 2.01. The number of hydrogen-bond donors (Lipinski definition) is 0. The Labute approximate surface area is 126 Å². The van der Waals surface area contributed by atoms with Gasteiger partial charge in [0, 0.05) is 11.7 Å². The topological polar surface area (TPSA) is 29.5 Å². The Bertz CT molecular complexity index is 593. The van der Waals surface area contributed by atoms with E-state index in [1.165, 1.54) is 0 Å². The molecule has 0 saturated heterocycles. The van der Waals surface area contributed by atoms with Crippen molar-refractivity contribution in [1.82, 2.24) is 0 Å². The van der Waals surface area contributed by atoms with Crippen molar-refractivity contribution in [2.45, 2.75) is 26.8 Å². The minimum Gasteiger partial charge on any atom is -0.484 e. The van der Waals surface area contributed by atoms with E-state index < -0.39 is 0 Å². The summed E-state index contributed by atoms with van der Waals surface area (Å²) in [4.78, 5) is 14.2. The first kappa shape index (κ1) is 15.1. The van der Waals surface area contributed by atoms with E-state index in [0.717, 1.165) is 17.0 Å². The van der Waals surface area contributed by atoms with Crippen molar-refractivity contribution in [1.29, 1.82) is 0 Å². The molecule has 3 heteroatoms. The molecule has 1 amide bonds. The molecule has 0 radical (unpaired) electrons. The zero-order chi connectivity index (χ0) is 15.2. The minimum atomic E-state index is -0.0438. The van der Waals surface area contributed by atoms with Gasteiger partial charge in [-0.15, -0.1) is 0 Å². The molecule has 0 aromatic heterocycles. The van der Waals surface area contributed by atoms with Gasteiger partial charge >= 0.3 is 0 Å². The Morgan fingerprint density at radius 1 is 1.10 bits per heavy atom. The maximum Gasteiger partial charge on any atom is 0.265 e. The van der Waals surface area contributed by atoms with Crippen molar-refractivity contribution in [3.8, 4) is 5.75 Å². The van der Waals surface area contributed by atoms with Crippen molar-refractivity contribution in [3.05, 3.63) is 60.2 Å². The number of carbonyl (C=O) groups excluding carboxylic acids is 1. The molecule has 21 heavy (non-hydrogen) atoms. The van der Waals surface area contributed by atoms with Gasteiger partial charge in [0.05, 0.1) is 0 Å². The normalized spacial score (nSPS) is 10.5. The van der Waals surface area contributed by atoms with Gasteiger partial charge in [-0.2, -0.15) is 0 Å². The predicted octanol–water partition coefficient (Wildman–Crippen LogP) is 3.82. The summed E-state index contributed by atoms with van der Waals surface area (Å²) in [6, 6.07) is 17.5. The first-order chi connectivity index (χ1) is 10.1. The second-order valence-electron chi connectivity index (χ2n) is 5.30. The molecule has 0 saturated carbocycles. The molecule has 0 spiro atoms. The number of para-hydroxylation sites is 1. The van der Waals surface area contributed by atoms with Gasteiger partial charge in [-0.05, 0) is 50.6 Å². The number of amides is 1. The second kappa shape index (κ2) is 6.93. The maximum atomic E-state index is 12.4. The maximum absolute atomic E-state index is 12.4. The van der Waals surface area contributed by atoms with Crippen LogP contribution in [0.25, 0.3) is 0 Å². The summed E-state index contributed by atoms with van der Waals surface area (Å²) in [5, 5.41) is 0. The van der Waals surface area contributed by atoms with Crippen LogP contribution in [0.4, 0.5) is 5.69 Å². The lowest BCUT2D eigenvalue weighted by atomic mass is 10.2. The molecule has 0 aliphatic rings. The fraction of sp³-hybridized carbons (Fsp3) is 0.278. The van der Waals surface area contributed by atoms with E-state index in [9.17, 15) is 4.79 Å². The fourth-order valence-electron chi connectivity index (χ4n) is 2.24. The Kier molecular flexibility index (Phi) is 4.99. The third-order valence-corrected chi connectivity index (χ3v) is 3.17. The molecule has 2 aromatic rings. The molecule has 0 fully saturated rings. The molecule has 110 valence electrons. The van der Waals surface area contributed by atoms with Gasteiger partial charge in [0.25, 0.3) is 5.91 Å². The van der Waals surface area contributed by atoms with Gasteiger partial charge in [-0.25, -0.2) is 0 Å². The van der Waals surface area contributed by atoms with Crippen LogP contribution in [0.5, 0.6) is 5.75 Å². The lowest BCUT2D eigenvalue weighted by molar-refractivity contribution is -0.120. The number of aryl methyl sites for hydroxylation is 1. The van der Waals surface area contributed by atoms with Crippen molar-refractivity contribution in [2.75, 3.05) is 11.5 Å². The molecular weight excluding hydrogens is 262 g/mol. The zero-order valence-electron chi connectivity index (χ0n) is 12.7. The molecule has 2 rings (SSSR count). The zero-order valence-corrected chi connectivity index (χ0v) is 12.7. The number of carbonyl (C=O) groups is 1. The number of benzene rings is 2. The van der Waals surface area contributed by atoms with Crippen LogP contribution in [-0.4, -0.2) is 18.6 Å². The van der Waals surface area contributed by atoms with E-state index in [2.05, 4.69) is 0 Å². The van der Waals surface area contributed by atoms with Gasteiger partial charge in [0.1, 0.15) is 5.75 Å². The summed E-state index contributed by atoms with van der Waals surface area (Å²) in [7, 11) is 0. The minimum absolute atomic E-state index is 0.0382. The average molecular weight is 283 g/mol. The highest BCUT2D eigenvalue weighted by Gasteiger charge is 2.19. The SMILES string of the molecule is Cc1cccc(OCC(=O)N(c2ccccc2)C(C)C)c1. The van der Waals surface area contributed by atoms with Gasteiger partial charge < -0.3 is 9.64 Å². The molecule has 0 unspecified atom stereocenters. The van der Waals surface area contributed by atoms with Crippen LogP contribution in [0.2, 0.25) is 0 Å². The number of anilines is 1. The Morgan fingerprint density at radius 3 is 2.43 bits per heavy atom. The summed E-state index contributed by atoms with van der Waals surface area (Å²) in [6.07, 6.45) is 0. The van der Waals surface area contributed by atoms with Crippen LogP contribution in [0, 0.1) is 6.92 Å². The molecule has 0 bridgehead atoms. The molecule has 0 heterocycles. The highest BCUT2D eigenvalue weighted by molar-refractivity contribution is 5.94. The van der Waals surface area contributed by atoms with Crippen molar-refractivity contribution in [3.63, 3.8) is 0 Å². The lowest BCUT2D eigenvalue weighted by Crippen LogP contribution is -2.40. The van der Waals surface area contributed by atoms with E-state index in [1.807, 2.05) is 75.4 Å². The smallest absolute Gasteiger partial charge is 0.265 e. The molecule has 0 N–H and O–H groups in total. The van der Waals surface area contributed by atoms with E-state index in [1.54, 1.807) is 4.90 Å². The van der Waals surface area contributed by atoms with Crippen LogP contribution >= 0.6 is 0 Å². The molecule has 3 nitrogen and oxygen atoms in total. The van der Waals surface area contributed by atoms with Crippen molar-refractivity contribution >= 4 is 11.6 Å². The lowest BCUT2D eigenvalue weighted by Gasteiger charge is -2.26. The summed E-state index contributed by atoms with van der Waals surface area (Å²) >= 11 is 0.